The predicted molar refractivity (Wildman–Crippen MR) is 120 cm³/mol. The molecule has 1 aliphatic rings. The first-order valence-electron chi connectivity index (χ1n) is 10.3. The van der Waals surface area contributed by atoms with E-state index in [9.17, 15) is 9.59 Å². The fraction of sp³-hybridized carbons (Fsp3) is 0.348. The number of ether oxygens (including phenoxy) is 1. The van der Waals surface area contributed by atoms with Crippen molar-refractivity contribution in [1.82, 2.24) is 16.2 Å². The number of carbonyl (C=O) groups is 2. The molecule has 30 heavy (non-hydrogen) atoms. The van der Waals surface area contributed by atoms with Crippen molar-refractivity contribution in [3.8, 4) is 5.75 Å². The second-order valence-electron chi connectivity index (χ2n) is 7.42. The van der Waals surface area contributed by atoms with Crippen LogP contribution in [0.1, 0.15) is 48.0 Å². The Kier molecular flexibility index (Phi) is 8.20. The molecule has 3 rings (SSSR count). The first-order chi connectivity index (χ1) is 14.6. The Morgan fingerprint density at radius 1 is 0.967 bits per heavy atom. The summed E-state index contributed by atoms with van der Waals surface area (Å²) < 4.78 is 5.73. The fourth-order valence-electron chi connectivity index (χ4n) is 3.49. The number of hydrogen-bond donors (Lipinski definition) is 3. The van der Waals surface area contributed by atoms with Gasteiger partial charge in [0.15, 0.2) is 5.11 Å². The molecule has 0 atom stereocenters. The molecule has 1 fully saturated rings. The lowest BCUT2D eigenvalue weighted by molar-refractivity contribution is -0.122. The van der Waals surface area contributed by atoms with E-state index in [2.05, 4.69) is 28.3 Å². The van der Waals surface area contributed by atoms with E-state index in [1.807, 2.05) is 18.2 Å². The van der Waals surface area contributed by atoms with Crippen molar-refractivity contribution in [3.63, 3.8) is 0 Å². The highest BCUT2D eigenvalue weighted by Gasteiger charge is 2.18. The summed E-state index contributed by atoms with van der Waals surface area (Å²) in [5.74, 6) is 0.676. The van der Waals surface area contributed by atoms with Crippen molar-refractivity contribution in [2.24, 2.45) is 5.92 Å². The Bertz CT molecular complexity index is 850. The van der Waals surface area contributed by atoms with E-state index in [4.69, 9.17) is 17.0 Å². The highest BCUT2D eigenvalue weighted by atomic mass is 32.1. The van der Waals surface area contributed by atoms with Crippen molar-refractivity contribution < 1.29 is 14.3 Å². The predicted octanol–water partition coefficient (Wildman–Crippen LogP) is 3.52. The van der Waals surface area contributed by atoms with Gasteiger partial charge in [-0.25, -0.2) is 0 Å². The molecular weight excluding hydrogens is 398 g/mol. The van der Waals surface area contributed by atoms with E-state index < -0.39 is 0 Å². The molecule has 3 N–H and O–H groups in total. The Morgan fingerprint density at radius 2 is 1.67 bits per heavy atom. The fourth-order valence-corrected chi connectivity index (χ4v) is 3.64. The molecule has 2 aromatic rings. The molecule has 0 bridgehead atoms. The van der Waals surface area contributed by atoms with Crippen molar-refractivity contribution >= 4 is 29.1 Å². The molecule has 6 nitrogen and oxygen atoms in total. The number of benzene rings is 2. The van der Waals surface area contributed by atoms with Crippen molar-refractivity contribution in [1.29, 1.82) is 0 Å². The van der Waals surface area contributed by atoms with E-state index in [-0.39, 0.29) is 16.9 Å². The maximum absolute atomic E-state index is 12.3. The van der Waals surface area contributed by atoms with Gasteiger partial charge in [0.05, 0.1) is 6.61 Å². The molecule has 1 aliphatic carbocycles. The summed E-state index contributed by atoms with van der Waals surface area (Å²) >= 11 is 5.08. The molecule has 0 unspecified atom stereocenters. The van der Waals surface area contributed by atoms with Gasteiger partial charge in [-0.05, 0) is 60.8 Å². The van der Waals surface area contributed by atoms with Gasteiger partial charge in [0.25, 0.3) is 5.91 Å². The normalized spacial score (nSPS) is 13.5. The maximum Gasteiger partial charge on any atom is 0.257 e. The van der Waals surface area contributed by atoms with E-state index in [1.54, 1.807) is 24.3 Å². The van der Waals surface area contributed by atoms with E-state index in [0.29, 0.717) is 30.3 Å². The third kappa shape index (κ3) is 7.15. The highest BCUT2D eigenvalue weighted by Crippen LogP contribution is 2.27. The first-order valence-corrected chi connectivity index (χ1v) is 10.7. The van der Waals surface area contributed by atoms with Crippen LogP contribution >= 0.6 is 12.2 Å². The van der Waals surface area contributed by atoms with E-state index in [1.165, 1.54) is 18.4 Å². The number of thiocarbonyl (C=S) groups is 1. The highest BCUT2D eigenvalue weighted by molar-refractivity contribution is 7.80. The summed E-state index contributed by atoms with van der Waals surface area (Å²) in [6.07, 6.45) is 5.87. The summed E-state index contributed by atoms with van der Waals surface area (Å²) in [4.78, 5) is 24.2. The van der Waals surface area contributed by atoms with E-state index >= 15 is 0 Å². The second-order valence-corrected chi connectivity index (χ2v) is 7.83. The Morgan fingerprint density at radius 3 is 2.37 bits per heavy atom. The molecule has 0 aromatic heterocycles. The number of amides is 2. The van der Waals surface area contributed by atoms with Crippen LogP contribution in [0.4, 0.5) is 0 Å². The molecular formula is C23H27N3O3S. The minimum absolute atomic E-state index is 0.0583. The van der Waals surface area contributed by atoms with Crippen molar-refractivity contribution in [3.05, 3.63) is 65.7 Å². The molecule has 0 radical (unpaired) electrons. The first kappa shape index (κ1) is 21.8. The summed E-state index contributed by atoms with van der Waals surface area (Å²) in [6.45, 7) is 0.560. The van der Waals surface area contributed by atoms with Gasteiger partial charge < -0.3 is 4.74 Å². The average molecular weight is 426 g/mol. The van der Waals surface area contributed by atoms with Crippen LogP contribution in [-0.2, 0) is 11.2 Å². The number of hydrazine groups is 1. The minimum atomic E-state index is -0.353. The molecule has 2 aromatic carbocycles. The molecule has 0 heterocycles. The standard InChI is InChI=1S/C23H27N3O3S/c27-21(16-18-8-4-5-9-18)25-26-23(30)24-22(28)19-10-12-20(13-11-19)29-15-14-17-6-2-1-3-7-17/h1-3,6-7,10-13,18H,4-5,8-9,14-16H2,(H,25,27)(H2,24,26,28,30). The van der Waals surface area contributed by atoms with Crippen LogP contribution in [-0.4, -0.2) is 23.5 Å². The number of hydrogen-bond acceptors (Lipinski definition) is 4. The van der Waals surface area contributed by atoms with Gasteiger partial charge in [0.2, 0.25) is 5.91 Å². The quantitative estimate of drug-likeness (QED) is 0.467. The van der Waals surface area contributed by atoms with Gasteiger partial charge in [-0.2, -0.15) is 0 Å². The molecule has 7 heteroatoms. The lowest BCUT2D eigenvalue weighted by Gasteiger charge is -2.13. The average Bonchev–Trinajstić information content (AvgIpc) is 3.26. The lowest BCUT2D eigenvalue weighted by atomic mass is 10.0. The van der Waals surface area contributed by atoms with Gasteiger partial charge in [0.1, 0.15) is 5.75 Å². The van der Waals surface area contributed by atoms with Gasteiger partial charge in [0, 0.05) is 18.4 Å². The van der Waals surface area contributed by atoms with Crippen LogP contribution in [0.5, 0.6) is 5.75 Å². The number of rotatable bonds is 7. The zero-order chi connectivity index (χ0) is 21.2. The zero-order valence-corrected chi connectivity index (χ0v) is 17.7. The largest absolute Gasteiger partial charge is 0.493 e. The van der Waals surface area contributed by atoms with E-state index in [0.717, 1.165) is 19.3 Å². The summed E-state index contributed by atoms with van der Waals surface area (Å²) in [7, 11) is 0. The van der Waals surface area contributed by atoms with Crippen LogP contribution in [0.25, 0.3) is 0 Å². The van der Waals surface area contributed by atoms with Gasteiger partial charge in [-0.15, -0.1) is 0 Å². The van der Waals surface area contributed by atoms with Gasteiger partial charge >= 0.3 is 0 Å². The van der Waals surface area contributed by atoms with Crippen LogP contribution < -0.4 is 20.9 Å². The Balaban J connectivity index is 1.37. The third-order valence-electron chi connectivity index (χ3n) is 5.11. The monoisotopic (exact) mass is 425 g/mol. The zero-order valence-electron chi connectivity index (χ0n) is 16.9. The Labute approximate surface area is 182 Å². The third-order valence-corrected chi connectivity index (χ3v) is 5.31. The lowest BCUT2D eigenvalue weighted by Crippen LogP contribution is -2.48. The van der Waals surface area contributed by atoms with Crippen LogP contribution in [0.3, 0.4) is 0 Å². The molecule has 0 spiro atoms. The summed E-state index contributed by atoms with van der Waals surface area (Å²) in [5, 5.41) is 2.61. The molecule has 0 saturated heterocycles. The second kappa shape index (κ2) is 11.3. The SMILES string of the molecule is O=C(CC1CCCC1)NNC(=S)NC(=O)c1ccc(OCCc2ccccc2)cc1. The van der Waals surface area contributed by atoms with Crippen LogP contribution in [0.15, 0.2) is 54.6 Å². The molecule has 2 amide bonds. The topological polar surface area (TPSA) is 79.5 Å². The smallest absolute Gasteiger partial charge is 0.257 e. The van der Waals surface area contributed by atoms with Gasteiger partial charge in [-0.3, -0.25) is 25.8 Å². The minimum Gasteiger partial charge on any atom is -0.493 e. The molecule has 158 valence electrons. The number of carbonyl (C=O) groups excluding carboxylic acids is 2. The maximum atomic E-state index is 12.3. The van der Waals surface area contributed by atoms with Crippen LogP contribution in [0.2, 0.25) is 0 Å². The van der Waals surface area contributed by atoms with Crippen LogP contribution in [0, 0.1) is 5.92 Å². The summed E-state index contributed by atoms with van der Waals surface area (Å²) in [5.41, 5.74) is 6.80. The van der Waals surface area contributed by atoms with Gasteiger partial charge in [-0.1, -0.05) is 43.2 Å². The van der Waals surface area contributed by atoms with Crippen molar-refractivity contribution in [2.75, 3.05) is 6.61 Å². The summed E-state index contributed by atoms with van der Waals surface area (Å²) in [6, 6.07) is 17.0. The molecule has 1 saturated carbocycles. The van der Waals surface area contributed by atoms with Crippen molar-refractivity contribution in [2.45, 2.75) is 38.5 Å². The number of nitrogens with one attached hydrogen (secondary N) is 3. The molecule has 0 aliphatic heterocycles. The Hall–Kier alpha value is -2.93.